The molecule has 8 heteroatoms. The number of nitro groups is 1. The lowest BCUT2D eigenvalue weighted by Gasteiger charge is -2.31. The molecular formula is C17H22N2O6. The minimum Gasteiger partial charge on any atom is -0.478 e. The van der Waals surface area contributed by atoms with Crippen molar-refractivity contribution in [2.75, 3.05) is 6.61 Å². The maximum absolute atomic E-state index is 12.4. The lowest BCUT2D eigenvalue weighted by Crippen LogP contribution is -2.42. The smallest absolute Gasteiger partial charge is 0.335 e. The zero-order valence-electron chi connectivity index (χ0n) is 14.2. The maximum atomic E-state index is 12.4. The standard InChI is InChI=1S/C17H22N2O6/c1-10(2)5-15-9-13(3-4-25-15)18-16(20)11-6-12(17(21)22)8-14(7-11)19(23)24/h6-8,10,13,15H,3-5,9H2,1-2H3,(H,18,20)(H,21,22). The SMILES string of the molecule is CC(C)CC1CC(NC(=O)c2cc(C(=O)O)cc([N+](=O)[O-])c2)CCO1. The second-order valence-corrected chi connectivity index (χ2v) is 6.65. The molecule has 136 valence electrons. The van der Waals surface area contributed by atoms with Crippen LogP contribution in [0.1, 0.15) is 53.8 Å². The molecule has 1 fully saturated rings. The Morgan fingerprint density at radius 1 is 1.36 bits per heavy atom. The molecule has 2 atom stereocenters. The highest BCUT2D eigenvalue weighted by Gasteiger charge is 2.26. The van der Waals surface area contributed by atoms with Crippen LogP contribution < -0.4 is 5.32 Å². The number of carbonyl (C=O) groups is 2. The van der Waals surface area contributed by atoms with Crippen molar-refractivity contribution in [2.45, 2.75) is 45.3 Å². The summed E-state index contributed by atoms with van der Waals surface area (Å²) in [5.41, 5.74) is -0.739. The van der Waals surface area contributed by atoms with E-state index in [1.165, 1.54) is 0 Å². The molecule has 2 N–H and O–H groups in total. The number of rotatable bonds is 6. The number of nitrogens with one attached hydrogen (secondary N) is 1. The monoisotopic (exact) mass is 350 g/mol. The molecule has 1 heterocycles. The Labute approximate surface area is 145 Å². The van der Waals surface area contributed by atoms with Gasteiger partial charge in [-0.3, -0.25) is 14.9 Å². The van der Waals surface area contributed by atoms with Crippen LogP contribution in [-0.4, -0.2) is 40.7 Å². The van der Waals surface area contributed by atoms with Crippen LogP contribution in [0.3, 0.4) is 0 Å². The summed E-state index contributed by atoms with van der Waals surface area (Å²) < 4.78 is 5.69. The number of carboxylic acid groups (broad SMARTS) is 1. The van der Waals surface area contributed by atoms with Crippen LogP contribution in [0, 0.1) is 16.0 Å². The molecule has 1 aromatic rings. The number of hydrogen-bond donors (Lipinski definition) is 2. The molecule has 8 nitrogen and oxygen atoms in total. The van der Waals surface area contributed by atoms with Gasteiger partial charge in [0.15, 0.2) is 0 Å². The Kier molecular flexibility index (Phi) is 6.08. The fraction of sp³-hybridized carbons (Fsp3) is 0.529. The fourth-order valence-corrected chi connectivity index (χ4v) is 2.94. The van der Waals surface area contributed by atoms with Gasteiger partial charge >= 0.3 is 5.97 Å². The Bertz CT molecular complexity index is 641. The van der Waals surface area contributed by atoms with Gasteiger partial charge in [-0.2, -0.15) is 0 Å². The quantitative estimate of drug-likeness (QED) is 0.601. The molecule has 1 aliphatic heterocycles. The van der Waals surface area contributed by atoms with E-state index in [4.69, 9.17) is 9.84 Å². The van der Waals surface area contributed by atoms with Crippen LogP contribution in [0.2, 0.25) is 0 Å². The summed E-state index contributed by atoms with van der Waals surface area (Å²) in [5, 5.41) is 22.9. The minimum absolute atomic E-state index is 0.0292. The molecule has 0 bridgehead atoms. The van der Waals surface area contributed by atoms with E-state index in [0.29, 0.717) is 25.4 Å². The van der Waals surface area contributed by atoms with Crippen molar-refractivity contribution in [3.63, 3.8) is 0 Å². The van der Waals surface area contributed by atoms with E-state index in [0.717, 1.165) is 24.6 Å². The van der Waals surface area contributed by atoms with Crippen molar-refractivity contribution in [3.8, 4) is 0 Å². The number of aromatic carboxylic acids is 1. The highest BCUT2D eigenvalue weighted by molar-refractivity contribution is 5.98. The van der Waals surface area contributed by atoms with Crippen molar-refractivity contribution in [3.05, 3.63) is 39.4 Å². The van der Waals surface area contributed by atoms with E-state index in [1.807, 2.05) is 0 Å². The van der Waals surface area contributed by atoms with Gasteiger partial charge in [0.1, 0.15) is 0 Å². The van der Waals surface area contributed by atoms with Gasteiger partial charge in [-0.05, 0) is 31.2 Å². The summed E-state index contributed by atoms with van der Waals surface area (Å²) >= 11 is 0. The summed E-state index contributed by atoms with van der Waals surface area (Å²) in [7, 11) is 0. The van der Waals surface area contributed by atoms with E-state index < -0.39 is 22.5 Å². The second-order valence-electron chi connectivity index (χ2n) is 6.65. The molecule has 1 aliphatic rings. The van der Waals surface area contributed by atoms with Gasteiger partial charge in [0.2, 0.25) is 0 Å². The first-order valence-corrected chi connectivity index (χ1v) is 8.21. The zero-order valence-corrected chi connectivity index (χ0v) is 14.2. The second kappa shape index (κ2) is 8.06. The molecule has 25 heavy (non-hydrogen) atoms. The van der Waals surface area contributed by atoms with Crippen molar-refractivity contribution < 1.29 is 24.4 Å². The third kappa shape index (κ3) is 5.25. The molecule has 0 aromatic heterocycles. The van der Waals surface area contributed by atoms with Crippen LogP contribution >= 0.6 is 0 Å². The van der Waals surface area contributed by atoms with E-state index >= 15 is 0 Å². The Hall–Kier alpha value is -2.48. The van der Waals surface area contributed by atoms with Crippen LogP contribution in [0.15, 0.2) is 18.2 Å². The molecule has 1 saturated heterocycles. The van der Waals surface area contributed by atoms with E-state index in [2.05, 4.69) is 19.2 Å². The van der Waals surface area contributed by atoms with Gasteiger partial charge in [-0.1, -0.05) is 13.8 Å². The van der Waals surface area contributed by atoms with Gasteiger partial charge < -0.3 is 15.2 Å². The van der Waals surface area contributed by atoms with E-state index in [-0.39, 0.29) is 23.3 Å². The van der Waals surface area contributed by atoms with Crippen LogP contribution in [0.4, 0.5) is 5.69 Å². The van der Waals surface area contributed by atoms with Crippen molar-refractivity contribution in [1.29, 1.82) is 0 Å². The first kappa shape index (κ1) is 18.9. The number of ether oxygens (including phenoxy) is 1. The van der Waals surface area contributed by atoms with E-state index in [9.17, 15) is 19.7 Å². The van der Waals surface area contributed by atoms with Gasteiger partial charge in [-0.15, -0.1) is 0 Å². The number of hydrogen-bond acceptors (Lipinski definition) is 5. The molecule has 0 saturated carbocycles. The predicted molar refractivity (Wildman–Crippen MR) is 89.7 cm³/mol. The number of nitro benzene ring substituents is 1. The highest BCUT2D eigenvalue weighted by atomic mass is 16.6. The van der Waals surface area contributed by atoms with Crippen LogP contribution in [0.25, 0.3) is 0 Å². The average Bonchev–Trinajstić information content (AvgIpc) is 2.54. The van der Waals surface area contributed by atoms with Gasteiger partial charge in [0.25, 0.3) is 11.6 Å². The summed E-state index contributed by atoms with van der Waals surface area (Å²) in [4.78, 5) is 33.8. The predicted octanol–water partition coefficient (Wildman–Crippen LogP) is 2.62. The largest absolute Gasteiger partial charge is 0.478 e. The lowest BCUT2D eigenvalue weighted by molar-refractivity contribution is -0.384. The number of benzene rings is 1. The fourth-order valence-electron chi connectivity index (χ4n) is 2.94. The maximum Gasteiger partial charge on any atom is 0.335 e. The summed E-state index contributed by atoms with van der Waals surface area (Å²) in [5.74, 6) is -1.35. The molecule has 0 spiro atoms. The molecular weight excluding hydrogens is 328 g/mol. The molecule has 1 amide bonds. The van der Waals surface area contributed by atoms with Gasteiger partial charge in [0.05, 0.1) is 16.6 Å². The number of nitrogens with zero attached hydrogens (tertiary/aromatic N) is 1. The number of non-ortho nitro benzene ring substituents is 1. The van der Waals surface area contributed by atoms with Crippen LogP contribution in [-0.2, 0) is 4.74 Å². The first-order chi connectivity index (χ1) is 11.8. The molecule has 0 radical (unpaired) electrons. The summed E-state index contributed by atoms with van der Waals surface area (Å²) in [6.45, 7) is 4.74. The Balaban J connectivity index is 2.12. The van der Waals surface area contributed by atoms with E-state index in [1.54, 1.807) is 0 Å². The lowest BCUT2D eigenvalue weighted by atomic mass is 9.96. The first-order valence-electron chi connectivity index (χ1n) is 8.21. The molecule has 2 unspecified atom stereocenters. The van der Waals surface area contributed by atoms with Crippen molar-refractivity contribution in [1.82, 2.24) is 5.32 Å². The van der Waals surface area contributed by atoms with Crippen LogP contribution in [0.5, 0.6) is 0 Å². The number of carboxylic acids is 1. The van der Waals surface area contributed by atoms with Gasteiger partial charge in [-0.25, -0.2) is 4.79 Å². The number of carbonyl (C=O) groups excluding carboxylic acids is 1. The third-order valence-corrected chi connectivity index (χ3v) is 4.07. The van der Waals surface area contributed by atoms with Gasteiger partial charge in [0, 0.05) is 30.3 Å². The summed E-state index contributed by atoms with van der Waals surface area (Å²) in [6.07, 6.45) is 2.29. The normalized spacial score (nSPS) is 20.3. The Morgan fingerprint density at radius 2 is 2.04 bits per heavy atom. The Morgan fingerprint density at radius 3 is 2.64 bits per heavy atom. The molecule has 1 aromatic carbocycles. The average molecular weight is 350 g/mol. The van der Waals surface area contributed by atoms with Crippen molar-refractivity contribution >= 4 is 17.6 Å². The third-order valence-electron chi connectivity index (χ3n) is 4.07. The number of amides is 1. The zero-order chi connectivity index (χ0) is 18.6. The molecule has 0 aliphatic carbocycles. The highest BCUT2D eigenvalue weighted by Crippen LogP contribution is 2.22. The summed E-state index contributed by atoms with van der Waals surface area (Å²) in [6, 6.07) is 3.08. The topological polar surface area (TPSA) is 119 Å². The van der Waals surface area contributed by atoms with Crippen molar-refractivity contribution in [2.24, 2.45) is 5.92 Å². The molecule has 2 rings (SSSR count). The minimum atomic E-state index is -1.32.